The molecule has 6 rings (SSSR count). The number of amides is 2. The van der Waals surface area contributed by atoms with E-state index in [9.17, 15) is 19.2 Å². The zero-order chi connectivity index (χ0) is 38.6. The topological polar surface area (TPSA) is 188 Å². The number of nitrogens with two attached hydrogens (primary N) is 1. The van der Waals surface area contributed by atoms with Gasteiger partial charge in [0.2, 0.25) is 11.8 Å². The molecular formula is C38H46BrN9O6. The molecule has 1 saturated carbocycles. The van der Waals surface area contributed by atoms with Crippen LogP contribution in [0.4, 0.5) is 5.82 Å². The zero-order valence-electron chi connectivity index (χ0n) is 31.0. The third-order valence-corrected chi connectivity index (χ3v) is 10.3. The molecule has 4 heterocycles. The molecule has 2 fully saturated rings. The Morgan fingerprint density at radius 3 is 2.52 bits per heavy atom. The number of likely N-dealkylation sites (tertiary alicyclic amines) is 1. The first-order valence-corrected chi connectivity index (χ1v) is 18.8. The number of carbonyl (C=O) groups excluding carboxylic acids is 4. The fraction of sp³-hybridized carbons (Fsp3) is 0.474. The number of aryl methyl sites for hydroxylation is 1. The first-order chi connectivity index (χ1) is 25.9. The molecule has 1 aliphatic heterocycles. The highest BCUT2D eigenvalue weighted by molar-refractivity contribution is 9.10. The fourth-order valence-electron chi connectivity index (χ4n) is 7.00. The number of ether oxygens (including phenoxy) is 2. The van der Waals surface area contributed by atoms with Gasteiger partial charge in [-0.2, -0.15) is 5.10 Å². The van der Waals surface area contributed by atoms with Crippen LogP contribution >= 0.6 is 15.9 Å². The number of rotatable bonds is 18. The van der Waals surface area contributed by atoms with Crippen LogP contribution in [0.3, 0.4) is 0 Å². The van der Waals surface area contributed by atoms with Crippen molar-refractivity contribution >= 4 is 56.0 Å². The summed E-state index contributed by atoms with van der Waals surface area (Å²) < 4.78 is 12.7. The van der Waals surface area contributed by atoms with E-state index in [1.807, 2.05) is 49.3 Å². The van der Waals surface area contributed by atoms with E-state index in [0.717, 1.165) is 23.1 Å². The summed E-state index contributed by atoms with van der Waals surface area (Å²) in [5.74, 6) is 0.161. The van der Waals surface area contributed by atoms with Gasteiger partial charge in [-0.25, -0.2) is 15.0 Å². The molecule has 54 heavy (non-hydrogen) atoms. The van der Waals surface area contributed by atoms with E-state index >= 15 is 0 Å². The van der Waals surface area contributed by atoms with Gasteiger partial charge in [-0.15, -0.1) is 0 Å². The summed E-state index contributed by atoms with van der Waals surface area (Å²) in [5.41, 5.74) is 8.45. The lowest BCUT2D eigenvalue weighted by atomic mass is 10.0. The molecule has 0 bridgehead atoms. The smallest absolute Gasteiger partial charge is 0.248 e. The molecule has 3 aromatic heterocycles. The predicted octanol–water partition coefficient (Wildman–Crippen LogP) is 3.43. The fourth-order valence-corrected chi connectivity index (χ4v) is 7.31. The molecule has 15 nitrogen and oxygen atoms in total. The Labute approximate surface area is 322 Å². The van der Waals surface area contributed by atoms with Crippen molar-refractivity contribution in [3.05, 3.63) is 64.4 Å². The highest BCUT2D eigenvalue weighted by atomic mass is 79.9. The summed E-state index contributed by atoms with van der Waals surface area (Å²) in [6, 6.07) is 8.56. The maximum atomic E-state index is 14.1. The summed E-state index contributed by atoms with van der Waals surface area (Å²) in [6.45, 7) is 5.60. The summed E-state index contributed by atoms with van der Waals surface area (Å²) in [7, 11) is 3.89. The van der Waals surface area contributed by atoms with Crippen molar-refractivity contribution in [2.24, 2.45) is 11.1 Å². The van der Waals surface area contributed by atoms with Gasteiger partial charge in [0, 0.05) is 67.8 Å². The van der Waals surface area contributed by atoms with Crippen LogP contribution in [-0.4, -0.2) is 117 Å². The molecule has 1 aromatic carbocycles. The Morgan fingerprint density at radius 1 is 1.04 bits per heavy atom. The lowest BCUT2D eigenvalue weighted by molar-refractivity contribution is -0.138. The minimum Gasteiger partial charge on any atom is -0.378 e. The minimum atomic E-state index is -0.670. The van der Waals surface area contributed by atoms with Gasteiger partial charge in [-0.05, 0) is 72.0 Å². The van der Waals surface area contributed by atoms with Gasteiger partial charge in [0.1, 0.15) is 41.1 Å². The third kappa shape index (κ3) is 9.06. The van der Waals surface area contributed by atoms with Gasteiger partial charge in [0.25, 0.3) is 0 Å². The number of carbonyl (C=O) groups is 4. The number of anilines is 1. The van der Waals surface area contributed by atoms with E-state index in [1.54, 1.807) is 22.0 Å². The maximum Gasteiger partial charge on any atom is 0.248 e. The van der Waals surface area contributed by atoms with Crippen LogP contribution in [0.5, 0.6) is 0 Å². The number of aromatic nitrogens is 5. The van der Waals surface area contributed by atoms with Crippen molar-refractivity contribution in [1.29, 1.82) is 0 Å². The maximum absolute atomic E-state index is 14.1. The second-order valence-corrected chi connectivity index (χ2v) is 15.3. The molecule has 0 spiro atoms. The first-order valence-electron chi connectivity index (χ1n) is 18.0. The van der Waals surface area contributed by atoms with E-state index in [-0.39, 0.29) is 60.1 Å². The predicted molar refractivity (Wildman–Crippen MR) is 205 cm³/mol. The summed E-state index contributed by atoms with van der Waals surface area (Å²) >= 11 is 3.41. The zero-order valence-corrected chi connectivity index (χ0v) is 32.6. The SMILES string of the molecule is CC(=O)c1nn(CC(=O)N2[C@H](C(=O)Nc3nc(Br)ccc3CN(C)C)C[C@@]3(C)C[C@@H]23)c2ccc(-c3cnc(CCC(=O)COCCOCCN)nc3)cc12. The monoisotopic (exact) mass is 803 g/mol. The van der Waals surface area contributed by atoms with Crippen LogP contribution in [0.25, 0.3) is 22.0 Å². The Hall–Kier alpha value is -4.48. The number of nitrogens with zero attached hydrogens (tertiary/aromatic N) is 7. The number of hydrogen-bond donors (Lipinski definition) is 2. The minimum absolute atomic E-state index is 0.00189. The molecule has 0 unspecified atom stereocenters. The van der Waals surface area contributed by atoms with Gasteiger partial charge in [-0.3, -0.25) is 23.9 Å². The number of ketones is 2. The van der Waals surface area contributed by atoms with Gasteiger partial charge >= 0.3 is 0 Å². The second-order valence-electron chi connectivity index (χ2n) is 14.4. The van der Waals surface area contributed by atoms with Crippen molar-refractivity contribution in [3.8, 4) is 11.1 Å². The van der Waals surface area contributed by atoms with Crippen LogP contribution < -0.4 is 11.1 Å². The van der Waals surface area contributed by atoms with Crippen molar-refractivity contribution < 1.29 is 28.7 Å². The van der Waals surface area contributed by atoms with Crippen molar-refractivity contribution in [3.63, 3.8) is 0 Å². The molecule has 1 aliphatic carbocycles. The summed E-state index contributed by atoms with van der Waals surface area (Å²) in [5, 5.41) is 8.18. The van der Waals surface area contributed by atoms with E-state index in [2.05, 4.69) is 48.2 Å². The van der Waals surface area contributed by atoms with Crippen molar-refractivity contribution in [2.45, 2.75) is 64.7 Å². The highest BCUT2D eigenvalue weighted by Crippen LogP contribution is 2.59. The number of nitrogens with one attached hydrogen (secondary N) is 1. The van der Waals surface area contributed by atoms with Gasteiger partial charge in [0.15, 0.2) is 11.6 Å². The normalized spacial score (nSPS) is 19.0. The molecule has 3 N–H and O–H groups in total. The summed E-state index contributed by atoms with van der Waals surface area (Å²) in [4.78, 5) is 70.0. The second kappa shape index (κ2) is 16.9. The van der Waals surface area contributed by atoms with E-state index in [1.165, 1.54) is 6.92 Å². The number of pyridine rings is 1. The van der Waals surface area contributed by atoms with Crippen LogP contribution in [0.15, 0.2) is 47.3 Å². The first kappa shape index (κ1) is 39.2. The number of fused-ring (bicyclic) bond motifs is 2. The number of piperidine rings is 1. The lowest BCUT2D eigenvalue weighted by Gasteiger charge is -2.27. The number of benzene rings is 1. The van der Waals surface area contributed by atoms with Gasteiger partial charge < -0.3 is 30.3 Å². The van der Waals surface area contributed by atoms with Crippen molar-refractivity contribution in [2.75, 3.05) is 52.4 Å². The van der Waals surface area contributed by atoms with Crippen molar-refractivity contribution in [1.82, 2.24) is 34.5 Å². The Kier molecular flexibility index (Phi) is 12.3. The Morgan fingerprint density at radius 2 is 1.80 bits per heavy atom. The number of hydrogen-bond acceptors (Lipinski definition) is 12. The highest BCUT2D eigenvalue weighted by Gasteiger charge is 2.64. The standard InChI is InChI=1S/C38H46BrN9O6/c1-23(49)35-28-15-24(26-18-41-33(42-19-26)10-7-27(50)22-54-14-13-53-12-11-40)5-8-29(28)47(45-35)21-34(51)48-30(16-38(2)17-31(38)48)37(52)44-36-25(20-46(3)4)6-9-32(39)43-36/h5-6,8-9,15,18-19,30-31H,7,10-14,16-17,20-22,40H2,1-4H3,(H,43,44,52)/t30-,31+,38-/m0/s1. The number of halogens is 1. The third-order valence-electron chi connectivity index (χ3n) is 9.83. The largest absolute Gasteiger partial charge is 0.378 e. The average Bonchev–Trinajstić information content (AvgIpc) is 3.50. The van der Waals surface area contributed by atoms with E-state index in [0.29, 0.717) is 72.9 Å². The van der Waals surface area contributed by atoms with Gasteiger partial charge in [0.05, 0.1) is 25.3 Å². The van der Waals surface area contributed by atoms with Crippen LogP contribution in [0, 0.1) is 5.41 Å². The van der Waals surface area contributed by atoms with Crippen LogP contribution in [-0.2, 0) is 43.4 Å². The number of Topliss-reactive ketones (excluding diaryl/α,β-unsaturated/α-hetero) is 2. The van der Waals surface area contributed by atoms with Gasteiger partial charge in [-0.1, -0.05) is 19.1 Å². The molecule has 286 valence electrons. The van der Waals surface area contributed by atoms with E-state index < -0.39 is 6.04 Å². The Balaban J connectivity index is 1.13. The van der Waals surface area contributed by atoms with E-state index in [4.69, 9.17) is 15.2 Å². The molecule has 0 radical (unpaired) electrons. The van der Waals surface area contributed by atoms with Crippen LogP contribution in [0.1, 0.15) is 55.0 Å². The van der Waals surface area contributed by atoms with Crippen LogP contribution in [0.2, 0.25) is 0 Å². The summed E-state index contributed by atoms with van der Waals surface area (Å²) in [6.07, 6.45) is 5.35. The average molecular weight is 805 g/mol. The Bertz CT molecular complexity index is 2040. The lowest BCUT2D eigenvalue weighted by Crippen LogP contribution is -2.47. The molecule has 1 saturated heterocycles. The molecule has 16 heteroatoms. The molecule has 2 amide bonds. The molecule has 4 aromatic rings. The quantitative estimate of drug-likeness (QED) is 0.0849. The molecular weight excluding hydrogens is 758 g/mol. The molecule has 3 atom stereocenters. The molecule has 2 aliphatic rings.